The average molecular weight is 421 g/mol. The van der Waals surface area contributed by atoms with Gasteiger partial charge in [-0.3, -0.25) is 4.98 Å². The smallest absolute Gasteiger partial charge is 0.154 e. The topological polar surface area (TPSA) is 84.4 Å². The molecule has 1 atom stereocenters. The number of aryl methyl sites for hydroxylation is 1. The van der Waals surface area contributed by atoms with Gasteiger partial charge in [0.2, 0.25) is 0 Å². The van der Waals surface area contributed by atoms with E-state index in [0.29, 0.717) is 6.54 Å². The lowest BCUT2D eigenvalue weighted by Gasteiger charge is -2.30. The van der Waals surface area contributed by atoms with Gasteiger partial charge < -0.3 is 25.0 Å². The van der Waals surface area contributed by atoms with Crippen LogP contribution >= 0.6 is 0 Å². The Hall–Kier alpha value is -2.81. The molecule has 2 aliphatic rings. The number of nitrogens with zero attached hydrogens (tertiary/aromatic N) is 4. The lowest BCUT2D eigenvalue weighted by atomic mass is 10.0. The molecule has 8 nitrogen and oxygen atoms in total. The molecule has 31 heavy (non-hydrogen) atoms. The number of aromatic nitrogens is 3. The molecule has 2 N–H and O–H groups in total. The number of ether oxygens (including phenoxy) is 2. The Kier molecular flexibility index (Phi) is 5.93. The first-order valence-electron chi connectivity index (χ1n) is 10.9. The highest BCUT2D eigenvalue weighted by molar-refractivity contribution is 5.88. The third kappa shape index (κ3) is 4.46. The van der Waals surface area contributed by atoms with Crippen molar-refractivity contribution in [3.05, 3.63) is 42.2 Å². The maximum atomic E-state index is 5.81. The maximum absolute atomic E-state index is 5.81. The van der Waals surface area contributed by atoms with Crippen LogP contribution in [0.1, 0.15) is 5.56 Å². The zero-order valence-electron chi connectivity index (χ0n) is 17.8. The normalized spacial score (nSPS) is 19.5. The Labute approximate surface area is 182 Å². The molecule has 2 saturated heterocycles. The molecule has 0 bridgehead atoms. The third-order valence-corrected chi connectivity index (χ3v) is 5.80. The summed E-state index contributed by atoms with van der Waals surface area (Å²) in [6.45, 7) is 8.70. The Bertz CT molecular complexity index is 1050. The van der Waals surface area contributed by atoms with E-state index in [9.17, 15) is 0 Å². The zero-order chi connectivity index (χ0) is 21.0. The first-order valence-corrected chi connectivity index (χ1v) is 10.9. The van der Waals surface area contributed by atoms with E-state index in [4.69, 9.17) is 14.5 Å². The van der Waals surface area contributed by atoms with Gasteiger partial charge in [-0.2, -0.15) is 0 Å². The summed E-state index contributed by atoms with van der Waals surface area (Å²) < 4.78 is 11.3. The number of morpholine rings is 2. The van der Waals surface area contributed by atoms with Crippen LogP contribution in [-0.2, 0) is 9.47 Å². The minimum absolute atomic E-state index is 0.112. The predicted molar refractivity (Wildman–Crippen MR) is 122 cm³/mol. The van der Waals surface area contributed by atoms with Crippen LogP contribution in [-0.4, -0.2) is 73.6 Å². The molecule has 2 fully saturated rings. The highest BCUT2D eigenvalue weighted by Gasteiger charge is 2.17. The molecule has 2 aromatic heterocycles. The summed E-state index contributed by atoms with van der Waals surface area (Å²) in [5.74, 6) is 0.740. The molecule has 0 unspecified atom stereocenters. The standard InChI is InChI=1S/C23H28N6O2/c1-16-12-17(2-3-21(16)29-7-10-30-11-8-29)19-13-20-22(26-5-4-25-20)23(28-19)27-15-18-14-24-6-9-31-18/h2-5,12-13,18,24H,6-11,14-15H2,1H3,(H,27,28)/t18-/m0/s1. The van der Waals surface area contributed by atoms with Gasteiger partial charge in [0.25, 0.3) is 0 Å². The van der Waals surface area contributed by atoms with E-state index < -0.39 is 0 Å². The Balaban J connectivity index is 1.44. The second-order valence-electron chi connectivity index (χ2n) is 7.96. The summed E-state index contributed by atoms with van der Waals surface area (Å²) in [6.07, 6.45) is 3.53. The summed E-state index contributed by atoms with van der Waals surface area (Å²) in [7, 11) is 0. The molecule has 0 spiro atoms. The van der Waals surface area contributed by atoms with Gasteiger partial charge in [0.15, 0.2) is 5.82 Å². The minimum Gasteiger partial charge on any atom is -0.378 e. The Morgan fingerprint density at radius 1 is 1.13 bits per heavy atom. The van der Waals surface area contributed by atoms with E-state index in [-0.39, 0.29) is 6.10 Å². The van der Waals surface area contributed by atoms with E-state index in [2.05, 4.69) is 50.6 Å². The summed E-state index contributed by atoms with van der Waals surface area (Å²) >= 11 is 0. The summed E-state index contributed by atoms with van der Waals surface area (Å²) in [4.78, 5) is 16.3. The van der Waals surface area contributed by atoms with Gasteiger partial charge >= 0.3 is 0 Å². The monoisotopic (exact) mass is 420 g/mol. The zero-order valence-corrected chi connectivity index (χ0v) is 17.8. The van der Waals surface area contributed by atoms with Crippen LogP contribution in [0.2, 0.25) is 0 Å². The van der Waals surface area contributed by atoms with Crippen molar-refractivity contribution in [1.29, 1.82) is 0 Å². The first kappa shape index (κ1) is 20.1. The first-order chi connectivity index (χ1) is 15.3. The molecule has 3 aromatic rings. The van der Waals surface area contributed by atoms with Gasteiger partial charge in [-0.15, -0.1) is 0 Å². The van der Waals surface area contributed by atoms with Gasteiger partial charge in [0.1, 0.15) is 5.52 Å². The number of anilines is 2. The fourth-order valence-electron chi connectivity index (χ4n) is 4.18. The van der Waals surface area contributed by atoms with E-state index >= 15 is 0 Å². The van der Waals surface area contributed by atoms with E-state index in [1.54, 1.807) is 12.4 Å². The molecule has 0 saturated carbocycles. The molecule has 5 rings (SSSR count). The molecular weight excluding hydrogens is 392 g/mol. The van der Waals surface area contributed by atoms with Crippen LogP contribution in [0, 0.1) is 6.92 Å². The van der Waals surface area contributed by atoms with E-state index in [0.717, 1.165) is 74.1 Å². The molecule has 8 heteroatoms. The van der Waals surface area contributed by atoms with E-state index in [1.165, 1.54) is 11.3 Å². The summed E-state index contributed by atoms with van der Waals surface area (Å²) in [6, 6.07) is 8.54. The van der Waals surface area contributed by atoms with Crippen molar-refractivity contribution in [2.75, 3.05) is 62.8 Å². The number of benzene rings is 1. The quantitative estimate of drug-likeness (QED) is 0.650. The van der Waals surface area contributed by atoms with Crippen molar-refractivity contribution in [1.82, 2.24) is 20.3 Å². The number of hydrogen-bond acceptors (Lipinski definition) is 8. The third-order valence-electron chi connectivity index (χ3n) is 5.80. The van der Waals surface area contributed by atoms with Crippen LogP contribution in [0.5, 0.6) is 0 Å². The van der Waals surface area contributed by atoms with Gasteiger partial charge in [0, 0.05) is 56.4 Å². The molecule has 2 aliphatic heterocycles. The number of pyridine rings is 1. The molecular formula is C23H28N6O2. The molecule has 0 radical (unpaired) electrons. The Morgan fingerprint density at radius 2 is 2.00 bits per heavy atom. The van der Waals surface area contributed by atoms with Crippen LogP contribution in [0.4, 0.5) is 11.5 Å². The van der Waals surface area contributed by atoms with Gasteiger partial charge in [-0.25, -0.2) is 9.97 Å². The molecule has 162 valence electrons. The fraction of sp³-hybridized carbons (Fsp3) is 0.435. The van der Waals surface area contributed by atoms with Crippen molar-refractivity contribution in [2.45, 2.75) is 13.0 Å². The van der Waals surface area contributed by atoms with Crippen LogP contribution < -0.4 is 15.5 Å². The summed E-state index contributed by atoms with van der Waals surface area (Å²) in [5.41, 5.74) is 6.05. The minimum atomic E-state index is 0.112. The van der Waals surface area contributed by atoms with Crippen molar-refractivity contribution in [3.63, 3.8) is 0 Å². The van der Waals surface area contributed by atoms with Crippen molar-refractivity contribution < 1.29 is 9.47 Å². The second-order valence-corrected chi connectivity index (χ2v) is 7.96. The van der Waals surface area contributed by atoms with Crippen LogP contribution in [0.3, 0.4) is 0 Å². The SMILES string of the molecule is Cc1cc(-c2cc3nccnc3c(NC[C@@H]3CNCCO3)n2)ccc1N1CCOCC1. The number of fused-ring (bicyclic) bond motifs is 1. The van der Waals surface area contributed by atoms with Crippen molar-refractivity contribution in [3.8, 4) is 11.3 Å². The Morgan fingerprint density at radius 3 is 2.81 bits per heavy atom. The number of rotatable bonds is 5. The maximum Gasteiger partial charge on any atom is 0.154 e. The summed E-state index contributed by atoms with van der Waals surface area (Å²) in [5, 5.41) is 6.80. The predicted octanol–water partition coefficient (Wildman–Crippen LogP) is 2.24. The van der Waals surface area contributed by atoms with Gasteiger partial charge in [-0.05, 0) is 30.7 Å². The van der Waals surface area contributed by atoms with E-state index in [1.807, 2.05) is 6.07 Å². The second kappa shape index (κ2) is 9.13. The lowest BCUT2D eigenvalue weighted by Crippen LogP contribution is -2.42. The highest BCUT2D eigenvalue weighted by atomic mass is 16.5. The highest BCUT2D eigenvalue weighted by Crippen LogP contribution is 2.30. The van der Waals surface area contributed by atoms with Crippen LogP contribution in [0.15, 0.2) is 36.7 Å². The number of hydrogen-bond donors (Lipinski definition) is 2. The molecule has 0 amide bonds. The lowest BCUT2D eigenvalue weighted by molar-refractivity contribution is 0.0372. The van der Waals surface area contributed by atoms with Crippen molar-refractivity contribution >= 4 is 22.5 Å². The largest absolute Gasteiger partial charge is 0.378 e. The van der Waals surface area contributed by atoms with Crippen LogP contribution in [0.25, 0.3) is 22.3 Å². The fourth-order valence-corrected chi connectivity index (χ4v) is 4.18. The van der Waals surface area contributed by atoms with Crippen molar-refractivity contribution in [2.24, 2.45) is 0 Å². The number of nitrogens with one attached hydrogen (secondary N) is 2. The molecule has 0 aliphatic carbocycles. The molecule has 1 aromatic carbocycles. The average Bonchev–Trinajstić information content (AvgIpc) is 2.83. The van der Waals surface area contributed by atoms with Gasteiger partial charge in [-0.1, -0.05) is 6.07 Å². The van der Waals surface area contributed by atoms with Gasteiger partial charge in [0.05, 0.1) is 37.1 Å². The molecule has 4 heterocycles.